The number of hydrogen-bond donors (Lipinski definition) is 2. The number of aromatic nitrogens is 3. The molecule has 4 heterocycles. The highest BCUT2D eigenvalue weighted by Gasteiger charge is 2.47. The molecular formula is C22H30N6O5S. The highest BCUT2D eigenvalue weighted by molar-refractivity contribution is 7.89. The lowest BCUT2D eigenvalue weighted by molar-refractivity contribution is -0.127. The van der Waals surface area contributed by atoms with E-state index < -0.39 is 27.7 Å². The zero-order valence-corrected chi connectivity index (χ0v) is 20.2. The van der Waals surface area contributed by atoms with Crippen LogP contribution >= 0.6 is 0 Å². The van der Waals surface area contributed by atoms with Gasteiger partial charge in [-0.1, -0.05) is 0 Å². The summed E-state index contributed by atoms with van der Waals surface area (Å²) >= 11 is 0. The molecule has 2 N–H and O–H groups in total. The first-order chi connectivity index (χ1) is 16.2. The Kier molecular flexibility index (Phi) is 5.87. The molecule has 2 saturated heterocycles. The van der Waals surface area contributed by atoms with Gasteiger partial charge in [0.05, 0.1) is 12.7 Å². The maximum atomic E-state index is 13.7. The van der Waals surface area contributed by atoms with Gasteiger partial charge in [0.1, 0.15) is 23.0 Å². The van der Waals surface area contributed by atoms with E-state index in [0.29, 0.717) is 17.8 Å². The highest BCUT2D eigenvalue weighted by Crippen LogP contribution is 2.36. The molecule has 0 aliphatic carbocycles. The number of piperidine rings is 1. The van der Waals surface area contributed by atoms with E-state index in [9.17, 15) is 18.3 Å². The molecule has 1 spiro atoms. The SMILES string of the molecule is CN1CCC2(CCOc3cc(-c4ncnn4C)ccc3S(=O)(=O)N3C[C@H](O)C[C@H]3C(=O)N2)CC1. The maximum Gasteiger partial charge on any atom is 0.247 e. The molecule has 3 aliphatic heterocycles. The number of carbonyl (C=O) groups excluding carboxylic acids is 1. The number of sulfonamides is 1. The van der Waals surface area contributed by atoms with E-state index in [1.807, 2.05) is 7.05 Å². The fraction of sp³-hybridized carbons (Fsp3) is 0.591. The second kappa shape index (κ2) is 8.59. The Balaban J connectivity index is 1.59. The predicted molar refractivity (Wildman–Crippen MR) is 122 cm³/mol. The van der Waals surface area contributed by atoms with Crippen molar-refractivity contribution in [2.24, 2.45) is 7.05 Å². The Morgan fingerprint density at radius 1 is 1.21 bits per heavy atom. The number of carbonyl (C=O) groups is 1. The van der Waals surface area contributed by atoms with Crippen molar-refractivity contribution in [1.82, 2.24) is 29.3 Å². The second-order valence-electron chi connectivity index (χ2n) is 9.52. The van der Waals surface area contributed by atoms with Crippen molar-refractivity contribution >= 4 is 15.9 Å². The molecular weight excluding hydrogens is 460 g/mol. The molecule has 2 aromatic rings. The first kappa shape index (κ1) is 23.2. The van der Waals surface area contributed by atoms with Gasteiger partial charge in [0.15, 0.2) is 5.82 Å². The monoisotopic (exact) mass is 490 g/mol. The standard InChI is InChI=1S/C22H30N6O5S/c1-26-8-5-22(6-9-26)7-10-33-18-11-15(20-23-14-24-27(20)2)3-4-19(18)34(31,32)28-13-16(29)12-17(28)21(30)25-22/h3-4,11,14,16-17,29H,5-10,12-13H2,1-2H3,(H,25,30)/t16-,17+/m1/s1. The zero-order valence-electron chi connectivity index (χ0n) is 19.3. The van der Waals surface area contributed by atoms with Crippen LogP contribution in [0, 0.1) is 0 Å². The number of hydrogen-bond acceptors (Lipinski definition) is 8. The molecule has 184 valence electrons. The fourth-order valence-corrected chi connectivity index (χ4v) is 6.88. The maximum absolute atomic E-state index is 13.7. The molecule has 2 fully saturated rings. The van der Waals surface area contributed by atoms with Crippen molar-refractivity contribution in [2.75, 3.05) is 33.3 Å². The van der Waals surface area contributed by atoms with E-state index in [2.05, 4.69) is 20.3 Å². The molecule has 0 bridgehead atoms. The average molecular weight is 491 g/mol. The minimum atomic E-state index is -4.11. The fourth-order valence-electron chi connectivity index (χ4n) is 5.13. The number of amides is 1. The average Bonchev–Trinajstić information content (AvgIpc) is 3.41. The Bertz CT molecular complexity index is 1190. The van der Waals surface area contributed by atoms with Crippen LogP contribution in [0.2, 0.25) is 0 Å². The van der Waals surface area contributed by atoms with E-state index in [1.54, 1.807) is 23.9 Å². The molecule has 1 amide bonds. The van der Waals surface area contributed by atoms with Gasteiger partial charge >= 0.3 is 0 Å². The molecule has 12 heteroatoms. The van der Waals surface area contributed by atoms with Crippen LogP contribution in [-0.4, -0.2) is 94.4 Å². The van der Waals surface area contributed by atoms with Gasteiger partial charge in [-0.15, -0.1) is 0 Å². The van der Waals surface area contributed by atoms with Crippen LogP contribution in [0.3, 0.4) is 0 Å². The summed E-state index contributed by atoms with van der Waals surface area (Å²) in [6.07, 6.45) is 2.62. The number of nitrogens with one attached hydrogen (secondary N) is 1. The van der Waals surface area contributed by atoms with Crippen LogP contribution in [0.1, 0.15) is 25.7 Å². The summed E-state index contributed by atoms with van der Waals surface area (Å²) in [7, 11) is -0.310. The van der Waals surface area contributed by atoms with Crippen LogP contribution < -0.4 is 10.1 Å². The first-order valence-corrected chi connectivity index (χ1v) is 12.9. The lowest BCUT2D eigenvalue weighted by Gasteiger charge is -2.42. The van der Waals surface area contributed by atoms with Crippen LogP contribution in [0.25, 0.3) is 11.4 Å². The molecule has 34 heavy (non-hydrogen) atoms. The second-order valence-corrected chi connectivity index (χ2v) is 11.4. The number of fused-ring (bicyclic) bond motifs is 2. The molecule has 1 aromatic carbocycles. The molecule has 0 radical (unpaired) electrons. The number of ether oxygens (including phenoxy) is 1. The summed E-state index contributed by atoms with van der Waals surface area (Å²) in [5.41, 5.74) is 0.184. The third-order valence-corrected chi connectivity index (χ3v) is 9.12. The predicted octanol–water partition coefficient (Wildman–Crippen LogP) is -0.0309. The molecule has 0 unspecified atom stereocenters. The summed E-state index contributed by atoms with van der Waals surface area (Å²) in [6, 6.07) is 3.83. The number of aryl methyl sites for hydroxylation is 1. The van der Waals surface area contributed by atoms with Crippen LogP contribution in [-0.2, 0) is 21.9 Å². The van der Waals surface area contributed by atoms with E-state index >= 15 is 0 Å². The summed E-state index contributed by atoms with van der Waals surface area (Å²) in [4.78, 5) is 19.8. The Morgan fingerprint density at radius 2 is 1.97 bits per heavy atom. The minimum absolute atomic E-state index is 0.0235. The largest absolute Gasteiger partial charge is 0.492 e. The van der Waals surface area contributed by atoms with Crippen molar-refractivity contribution in [3.63, 3.8) is 0 Å². The van der Waals surface area contributed by atoms with Gasteiger partial charge in [-0.05, 0) is 38.1 Å². The molecule has 1 aromatic heterocycles. The number of rotatable bonds is 1. The highest BCUT2D eigenvalue weighted by atomic mass is 32.2. The molecule has 2 atom stereocenters. The minimum Gasteiger partial charge on any atom is -0.492 e. The topological polar surface area (TPSA) is 130 Å². The van der Waals surface area contributed by atoms with Crippen LogP contribution in [0.15, 0.2) is 29.4 Å². The third-order valence-electron chi connectivity index (χ3n) is 7.21. The van der Waals surface area contributed by atoms with Gasteiger partial charge < -0.3 is 20.1 Å². The summed E-state index contributed by atoms with van der Waals surface area (Å²) in [5.74, 6) is 0.429. The van der Waals surface area contributed by atoms with Gasteiger partial charge in [0, 0.05) is 50.6 Å². The van der Waals surface area contributed by atoms with Crippen molar-refractivity contribution < 1.29 is 23.1 Å². The normalized spacial score (nSPS) is 27.3. The number of nitrogens with zero attached hydrogens (tertiary/aromatic N) is 5. The third kappa shape index (κ3) is 4.08. The lowest BCUT2D eigenvalue weighted by atomic mass is 9.84. The Labute approximate surface area is 198 Å². The van der Waals surface area contributed by atoms with Crippen molar-refractivity contribution in [3.05, 3.63) is 24.5 Å². The van der Waals surface area contributed by atoms with Gasteiger partial charge in [-0.3, -0.25) is 4.79 Å². The molecule has 11 nitrogen and oxygen atoms in total. The van der Waals surface area contributed by atoms with E-state index in [0.717, 1.165) is 30.2 Å². The number of likely N-dealkylation sites (tertiary alicyclic amines) is 1. The number of aliphatic hydroxyl groups excluding tert-OH is 1. The Hall–Kier alpha value is -2.54. The van der Waals surface area contributed by atoms with Crippen molar-refractivity contribution in [1.29, 1.82) is 0 Å². The number of benzene rings is 1. The van der Waals surface area contributed by atoms with E-state index in [1.165, 1.54) is 12.4 Å². The first-order valence-electron chi connectivity index (χ1n) is 11.5. The number of aliphatic hydroxyl groups is 1. The van der Waals surface area contributed by atoms with Crippen molar-refractivity contribution in [2.45, 2.75) is 48.3 Å². The smallest absolute Gasteiger partial charge is 0.247 e. The van der Waals surface area contributed by atoms with Crippen LogP contribution in [0.5, 0.6) is 5.75 Å². The molecule has 3 aliphatic rings. The lowest BCUT2D eigenvalue weighted by Crippen LogP contribution is -2.58. The van der Waals surface area contributed by atoms with Gasteiger partial charge in [0.2, 0.25) is 15.9 Å². The van der Waals surface area contributed by atoms with Crippen molar-refractivity contribution in [3.8, 4) is 17.1 Å². The molecule has 5 rings (SSSR count). The van der Waals surface area contributed by atoms with Gasteiger partial charge in [-0.2, -0.15) is 9.40 Å². The van der Waals surface area contributed by atoms with Crippen LogP contribution in [0.4, 0.5) is 0 Å². The van der Waals surface area contributed by atoms with Gasteiger partial charge in [0.25, 0.3) is 0 Å². The van der Waals surface area contributed by atoms with Gasteiger partial charge in [-0.25, -0.2) is 18.1 Å². The quantitative estimate of drug-likeness (QED) is 0.570. The molecule has 0 saturated carbocycles. The summed E-state index contributed by atoms with van der Waals surface area (Å²) in [5, 5.41) is 17.6. The summed E-state index contributed by atoms with van der Waals surface area (Å²) in [6.45, 7) is 1.76. The van der Waals surface area contributed by atoms with E-state index in [4.69, 9.17) is 4.74 Å². The Morgan fingerprint density at radius 3 is 2.68 bits per heavy atom. The van der Waals surface area contributed by atoms with E-state index in [-0.39, 0.29) is 36.1 Å². The summed E-state index contributed by atoms with van der Waals surface area (Å²) < 4.78 is 36.3. The zero-order chi connectivity index (χ0) is 24.1.